The molecule has 1 heterocycles. The quantitative estimate of drug-likeness (QED) is 0.131. The molecule has 0 saturated carbocycles. The SMILES string of the molecule is O=[N+]([O-])c1cc([N+](=O)[O-])c(O)c([N+](=O)[O-])c1.c1ccc(-c2cc(-c3ccccc3)[o+]c(-c3ccccc3)c2)cc1. The maximum absolute atomic E-state index is 10.4. The van der Waals surface area contributed by atoms with E-state index in [9.17, 15) is 30.3 Å². The van der Waals surface area contributed by atoms with Gasteiger partial charge in [0.15, 0.2) is 0 Å². The summed E-state index contributed by atoms with van der Waals surface area (Å²) in [4.78, 5) is 27.8. The monoisotopic (exact) mass is 538 g/mol. The standard InChI is InChI=1S/C23H17O.C6H3N3O7/c1-4-10-18(11-5-1)21-16-22(19-12-6-2-7-13-19)24-23(17-21)20-14-8-3-9-15-20;10-6-4(8(13)14)1-3(7(11)12)2-5(6)9(15)16/h1-17H;1-2,10H/q+1;. The van der Waals surface area contributed by atoms with Crippen LogP contribution in [0.2, 0.25) is 0 Å². The van der Waals surface area contributed by atoms with Crippen LogP contribution in [0, 0.1) is 30.3 Å². The molecule has 0 aliphatic heterocycles. The predicted molar refractivity (Wildman–Crippen MR) is 147 cm³/mol. The van der Waals surface area contributed by atoms with Gasteiger partial charge < -0.3 is 5.11 Å². The zero-order valence-corrected chi connectivity index (χ0v) is 20.6. The Morgan fingerprint density at radius 2 is 0.875 bits per heavy atom. The lowest BCUT2D eigenvalue weighted by Gasteiger charge is -2.02. The Morgan fingerprint density at radius 3 is 1.23 bits per heavy atom. The molecule has 0 saturated heterocycles. The first-order valence-electron chi connectivity index (χ1n) is 11.7. The van der Waals surface area contributed by atoms with E-state index in [1.807, 2.05) is 42.5 Å². The normalized spacial score (nSPS) is 10.2. The Kier molecular flexibility index (Phi) is 8.16. The van der Waals surface area contributed by atoms with Crippen LogP contribution in [0.3, 0.4) is 0 Å². The Morgan fingerprint density at radius 1 is 0.500 bits per heavy atom. The second-order valence-corrected chi connectivity index (χ2v) is 8.28. The second-order valence-electron chi connectivity index (χ2n) is 8.28. The van der Waals surface area contributed by atoms with E-state index in [4.69, 9.17) is 9.52 Å². The Balaban J connectivity index is 0.000000202. The smallest absolute Gasteiger partial charge is 0.361 e. The predicted octanol–water partition coefficient (Wildman–Crippen LogP) is 7.68. The number of benzene rings is 4. The van der Waals surface area contributed by atoms with Crippen LogP contribution in [0.25, 0.3) is 33.8 Å². The van der Waals surface area contributed by atoms with E-state index in [1.54, 1.807) is 0 Å². The van der Waals surface area contributed by atoms with Gasteiger partial charge in [0.05, 0.1) is 50.2 Å². The van der Waals surface area contributed by atoms with Crippen LogP contribution >= 0.6 is 0 Å². The molecule has 5 aromatic rings. The van der Waals surface area contributed by atoms with Crippen LogP contribution in [-0.4, -0.2) is 19.9 Å². The largest absolute Gasteiger partial charge is 0.497 e. The second kappa shape index (κ2) is 12.0. The van der Waals surface area contributed by atoms with E-state index in [2.05, 4.69) is 60.7 Å². The minimum atomic E-state index is -1.21. The van der Waals surface area contributed by atoms with E-state index in [0.717, 1.165) is 28.2 Å². The Hall–Kier alpha value is -5.97. The van der Waals surface area contributed by atoms with Crippen LogP contribution in [-0.2, 0) is 0 Å². The van der Waals surface area contributed by atoms with Gasteiger partial charge in [0.2, 0.25) is 0 Å². The van der Waals surface area contributed by atoms with E-state index in [0.29, 0.717) is 12.1 Å². The lowest BCUT2D eigenvalue weighted by Crippen LogP contribution is -1.97. The number of nitro groups is 3. The first-order chi connectivity index (χ1) is 19.2. The van der Waals surface area contributed by atoms with Crippen molar-refractivity contribution >= 4 is 17.1 Å². The molecule has 0 radical (unpaired) electrons. The minimum Gasteiger partial charge on any atom is -0.497 e. The fourth-order valence-electron chi connectivity index (χ4n) is 3.76. The number of phenols is 1. The van der Waals surface area contributed by atoms with Crippen LogP contribution in [0.15, 0.2) is 120 Å². The molecule has 0 aliphatic rings. The van der Waals surface area contributed by atoms with Gasteiger partial charge >= 0.3 is 22.9 Å². The van der Waals surface area contributed by atoms with Crippen molar-refractivity contribution in [2.45, 2.75) is 0 Å². The molecule has 0 spiro atoms. The molecule has 5 rings (SSSR count). The van der Waals surface area contributed by atoms with Gasteiger partial charge in [0, 0.05) is 5.56 Å². The molecule has 1 N–H and O–H groups in total. The van der Waals surface area contributed by atoms with Gasteiger partial charge in [-0.05, 0) is 29.8 Å². The summed E-state index contributed by atoms with van der Waals surface area (Å²) in [6, 6.07) is 36.0. The molecule has 40 heavy (non-hydrogen) atoms. The van der Waals surface area contributed by atoms with E-state index < -0.39 is 37.6 Å². The molecule has 0 fully saturated rings. The molecule has 198 valence electrons. The number of phenolic OH excluding ortho intramolecular Hbond substituents is 1. The summed E-state index contributed by atoms with van der Waals surface area (Å²) >= 11 is 0. The summed E-state index contributed by atoms with van der Waals surface area (Å²) in [6.45, 7) is 0. The number of non-ortho nitro benzene ring substituents is 1. The maximum Gasteiger partial charge on any atom is 0.361 e. The number of hydrogen-bond donors (Lipinski definition) is 1. The number of rotatable bonds is 6. The van der Waals surface area contributed by atoms with Gasteiger partial charge in [-0.25, -0.2) is 4.42 Å². The first kappa shape index (κ1) is 27.1. The Bertz CT molecular complexity index is 1500. The zero-order valence-electron chi connectivity index (χ0n) is 20.6. The molecular weight excluding hydrogens is 518 g/mol. The highest BCUT2D eigenvalue weighted by atomic mass is 16.6. The summed E-state index contributed by atoms with van der Waals surface area (Å²) in [5.74, 6) is 0.534. The maximum atomic E-state index is 10.4. The molecule has 0 bridgehead atoms. The highest BCUT2D eigenvalue weighted by molar-refractivity contribution is 5.74. The van der Waals surface area contributed by atoms with Crippen molar-refractivity contribution < 1.29 is 24.3 Å². The number of nitro benzene ring substituents is 3. The van der Waals surface area contributed by atoms with Crippen molar-refractivity contribution in [2.75, 3.05) is 0 Å². The van der Waals surface area contributed by atoms with Crippen molar-refractivity contribution in [3.63, 3.8) is 0 Å². The van der Waals surface area contributed by atoms with Gasteiger partial charge in [-0.1, -0.05) is 66.7 Å². The zero-order chi connectivity index (χ0) is 28.6. The average Bonchev–Trinajstić information content (AvgIpc) is 2.98. The number of aromatic hydroxyl groups is 1. The molecule has 4 aromatic carbocycles. The molecule has 0 amide bonds. The van der Waals surface area contributed by atoms with Crippen molar-refractivity contribution in [1.29, 1.82) is 0 Å². The van der Waals surface area contributed by atoms with Gasteiger partial charge in [0.1, 0.15) is 0 Å². The fraction of sp³-hybridized carbons (Fsp3) is 0. The van der Waals surface area contributed by atoms with E-state index in [1.165, 1.54) is 5.56 Å². The number of hydrogen-bond acceptors (Lipinski definition) is 7. The van der Waals surface area contributed by atoms with Crippen LogP contribution < -0.4 is 0 Å². The molecule has 1 aromatic heterocycles. The third-order valence-corrected chi connectivity index (χ3v) is 5.68. The summed E-state index contributed by atoms with van der Waals surface area (Å²) < 4.78 is 6.21. The van der Waals surface area contributed by atoms with Gasteiger partial charge in [-0.15, -0.1) is 0 Å². The number of nitrogens with zero attached hydrogens (tertiary/aromatic N) is 3. The molecular formula is C29H20N3O8+. The molecule has 0 unspecified atom stereocenters. The topological polar surface area (TPSA) is 161 Å². The fourth-order valence-corrected chi connectivity index (χ4v) is 3.76. The van der Waals surface area contributed by atoms with Gasteiger partial charge in [-0.2, -0.15) is 0 Å². The molecule has 11 heteroatoms. The van der Waals surface area contributed by atoms with Crippen molar-refractivity contribution in [2.24, 2.45) is 0 Å². The van der Waals surface area contributed by atoms with E-state index >= 15 is 0 Å². The summed E-state index contributed by atoms with van der Waals surface area (Å²) in [5.41, 5.74) is 1.49. The Labute approximate surface area is 226 Å². The van der Waals surface area contributed by atoms with Gasteiger partial charge in [0.25, 0.3) is 11.4 Å². The average molecular weight is 538 g/mol. The van der Waals surface area contributed by atoms with Crippen LogP contribution in [0.1, 0.15) is 0 Å². The lowest BCUT2D eigenvalue weighted by molar-refractivity contribution is -0.404. The minimum absolute atomic E-state index is 0.447. The van der Waals surface area contributed by atoms with Crippen LogP contribution in [0.4, 0.5) is 17.1 Å². The highest BCUT2D eigenvalue weighted by Crippen LogP contribution is 2.39. The third-order valence-electron chi connectivity index (χ3n) is 5.68. The summed E-state index contributed by atoms with van der Waals surface area (Å²) in [7, 11) is 0. The summed E-state index contributed by atoms with van der Waals surface area (Å²) in [6.07, 6.45) is 0. The third kappa shape index (κ3) is 6.29. The van der Waals surface area contributed by atoms with Crippen molar-refractivity contribution in [3.05, 3.63) is 146 Å². The van der Waals surface area contributed by atoms with Crippen LogP contribution in [0.5, 0.6) is 5.75 Å². The van der Waals surface area contributed by atoms with Gasteiger partial charge in [-0.3, -0.25) is 30.3 Å². The molecule has 11 nitrogen and oxygen atoms in total. The summed E-state index contributed by atoms with van der Waals surface area (Å²) in [5, 5.41) is 40.2. The highest BCUT2D eigenvalue weighted by Gasteiger charge is 2.30. The molecule has 0 aliphatic carbocycles. The van der Waals surface area contributed by atoms with Crippen molar-refractivity contribution in [1.82, 2.24) is 0 Å². The molecule has 0 atom stereocenters. The first-order valence-corrected chi connectivity index (χ1v) is 11.7. The van der Waals surface area contributed by atoms with Crippen molar-refractivity contribution in [3.8, 4) is 39.5 Å². The lowest BCUT2D eigenvalue weighted by atomic mass is 10.0. The van der Waals surface area contributed by atoms with E-state index in [-0.39, 0.29) is 0 Å².